The van der Waals surface area contributed by atoms with Crippen molar-refractivity contribution in [1.82, 2.24) is 4.98 Å². The van der Waals surface area contributed by atoms with Crippen molar-refractivity contribution >= 4 is 27.3 Å². The molecule has 1 aromatic heterocycles. The fraction of sp³-hybridized carbons (Fsp3) is 0.0625. The summed E-state index contributed by atoms with van der Waals surface area (Å²) in [7, 11) is -3.71. The number of nitrogens with one attached hydrogen (secondary N) is 1. The SMILES string of the molecule is Cc1nc(-c2ccc(S(=O)(=O)Nc3ccccc3Cl)cc2)co1. The van der Waals surface area contributed by atoms with Gasteiger partial charge in [0.15, 0.2) is 5.89 Å². The minimum Gasteiger partial charge on any atom is -0.449 e. The number of sulfonamides is 1. The third kappa shape index (κ3) is 3.38. The van der Waals surface area contributed by atoms with E-state index >= 15 is 0 Å². The molecule has 0 spiro atoms. The molecule has 0 aliphatic heterocycles. The first-order valence-corrected chi connectivity index (χ1v) is 8.62. The molecule has 1 heterocycles. The molecule has 0 aliphatic rings. The molecular formula is C16H13ClN2O3S. The largest absolute Gasteiger partial charge is 0.449 e. The van der Waals surface area contributed by atoms with Crippen LogP contribution in [0.3, 0.4) is 0 Å². The molecule has 7 heteroatoms. The Hall–Kier alpha value is -2.31. The zero-order valence-electron chi connectivity index (χ0n) is 12.2. The number of anilines is 1. The van der Waals surface area contributed by atoms with Crippen LogP contribution >= 0.6 is 11.6 Å². The van der Waals surface area contributed by atoms with Crippen LogP contribution < -0.4 is 4.72 Å². The van der Waals surface area contributed by atoms with Gasteiger partial charge in [0.05, 0.1) is 15.6 Å². The van der Waals surface area contributed by atoms with Crippen molar-refractivity contribution in [2.45, 2.75) is 11.8 Å². The molecule has 0 fully saturated rings. The number of aryl methyl sites for hydroxylation is 1. The highest BCUT2D eigenvalue weighted by molar-refractivity contribution is 7.92. The van der Waals surface area contributed by atoms with Crippen molar-refractivity contribution in [3.05, 3.63) is 65.7 Å². The van der Waals surface area contributed by atoms with Crippen molar-refractivity contribution in [3.8, 4) is 11.3 Å². The lowest BCUT2D eigenvalue weighted by Crippen LogP contribution is -2.13. The highest BCUT2D eigenvalue weighted by Gasteiger charge is 2.16. The molecule has 0 saturated heterocycles. The molecule has 3 aromatic rings. The minimum atomic E-state index is -3.71. The second-order valence-electron chi connectivity index (χ2n) is 4.86. The van der Waals surface area contributed by atoms with Crippen molar-refractivity contribution in [2.24, 2.45) is 0 Å². The number of aromatic nitrogens is 1. The molecule has 0 saturated carbocycles. The van der Waals surface area contributed by atoms with Crippen LogP contribution in [0.1, 0.15) is 5.89 Å². The van der Waals surface area contributed by atoms with E-state index in [9.17, 15) is 8.42 Å². The average Bonchev–Trinajstić information content (AvgIpc) is 2.96. The number of hydrogen-bond acceptors (Lipinski definition) is 4. The standard InChI is InChI=1S/C16H13ClN2O3S/c1-11-18-16(10-22-11)12-6-8-13(9-7-12)23(20,21)19-15-5-3-2-4-14(15)17/h2-10,19H,1H3. The molecule has 0 bridgehead atoms. The quantitative estimate of drug-likeness (QED) is 0.770. The van der Waals surface area contributed by atoms with Gasteiger partial charge >= 0.3 is 0 Å². The molecule has 5 nitrogen and oxygen atoms in total. The molecule has 2 aromatic carbocycles. The normalized spacial score (nSPS) is 11.4. The van der Waals surface area contributed by atoms with Crippen LogP contribution in [0.25, 0.3) is 11.3 Å². The van der Waals surface area contributed by atoms with Gasteiger partial charge in [0.25, 0.3) is 10.0 Å². The van der Waals surface area contributed by atoms with Gasteiger partial charge in [0.1, 0.15) is 12.0 Å². The van der Waals surface area contributed by atoms with Crippen molar-refractivity contribution in [3.63, 3.8) is 0 Å². The van der Waals surface area contributed by atoms with Gasteiger partial charge in [-0.1, -0.05) is 35.9 Å². The summed E-state index contributed by atoms with van der Waals surface area (Å²) in [6.45, 7) is 1.75. The third-order valence-corrected chi connectivity index (χ3v) is 4.91. The third-order valence-electron chi connectivity index (χ3n) is 3.20. The van der Waals surface area contributed by atoms with E-state index < -0.39 is 10.0 Å². The van der Waals surface area contributed by atoms with E-state index in [1.807, 2.05) is 0 Å². The molecule has 0 atom stereocenters. The minimum absolute atomic E-state index is 0.140. The molecular weight excluding hydrogens is 336 g/mol. The van der Waals surface area contributed by atoms with Crippen LogP contribution in [-0.2, 0) is 10.0 Å². The molecule has 23 heavy (non-hydrogen) atoms. The fourth-order valence-corrected chi connectivity index (χ4v) is 3.37. The summed E-state index contributed by atoms with van der Waals surface area (Å²) in [6.07, 6.45) is 1.53. The van der Waals surface area contributed by atoms with Gasteiger partial charge in [0, 0.05) is 12.5 Å². The summed E-state index contributed by atoms with van der Waals surface area (Å²) in [6, 6.07) is 13.0. The van der Waals surface area contributed by atoms with Crippen LogP contribution in [0.5, 0.6) is 0 Å². The summed E-state index contributed by atoms with van der Waals surface area (Å²) in [5.41, 5.74) is 1.77. The highest BCUT2D eigenvalue weighted by Crippen LogP contribution is 2.25. The number of hydrogen-bond donors (Lipinski definition) is 1. The predicted octanol–water partition coefficient (Wildman–Crippen LogP) is 4.10. The van der Waals surface area contributed by atoms with Crippen molar-refractivity contribution < 1.29 is 12.8 Å². The first kappa shape index (κ1) is 15.6. The smallest absolute Gasteiger partial charge is 0.261 e. The zero-order chi connectivity index (χ0) is 16.4. The summed E-state index contributed by atoms with van der Waals surface area (Å²) < 4.78 is 32.4. The first-order valence-electron chi connectivity index (χ1n) is 6.75. The maximum Gasteiger partial charge on any atom is 0.261 e. The van der Waals surface area contributed by atoms with E-state index in [-0.39, 0.29) is 4.90 Å². The van der Waals surface area contributed by atoms with Gasteiger partial charge in [-0.25, -0.2) is 13.4 Å². The Morgan fingerprint density at radius 1 is 1.09 bits per heavy atom. The number of nitrogens with zero attached hydrogens (tertiary/aromatic N) is 1. The Morgan fingerprint density at radius 2 is 1.78 bits per heavy atom. The molecule has 0 radical (unpaired) electrons. The van der Waals surface area contributed by atoms with Crippen LogP contribution in [0, 0.1) is 6.92 Å². The molecule has 1 N–H and O–H groups in total. The number of oxazole rings is 1. The second kappa shape index (κ2) is 6.06. The maximum absolute atomic E-state index is 12.4. The first-order chi connectivity index (χ1) is 11.0. The fourth-order valence-electron chi connectivity index (χ4n) is 2.05. The van der Waals surface area contributed by atoms with Gasteiger partial charge in [-0.05, 0) is 24.3 Å². The molecule has 118 valence electrons. The van der Waals surface area contributed by atoms with E-state index in [2.05, 4.69) is 9.71 Å². The van der Waals surface area contributed by atoms with E-state index in [0.29, 0.717) is 22.3 Å². The van der Waals surface area contributed by atoms with Gasteiger partial charge in [0.2, 0.25) is 0 Å². The number of halogens is 1. The van der Waals surface area contributed by atoms with Crippen LogP contribution in [-0.4, -0.2) is 13.4 Å². The average molecular weight is 349 g/mol. The lowest BCUT2D eigenvalue weighted by atomic mass is 10.2. The summed E-state index contributed by atoms with van der Waals surface area (Å²) in [5.74, 6) is 0.553. The van der Waals surface area contributed by atoms with E-state index in [4.69, 9.17) is 16.0 Å². The van der Waals surface area contributed by atoms with Crippen LogP contribution in [0.4, 0.5) is 5.69 Å². The van der Waals surface area contributed by atoms with E-state index in [1.165, 1.54) is 18.4 Å². The Balaban J connectivity index is 1.87. The molecule has 0 unspecified atom stereocenters. The second-order valence-corrected chi connectivity index (χ2v) is 6.95. The van der Waals surface area contributed by atoms with E-state index in [1.54, 1.807) is 43.3 Å². The monoisotopic (exact) mass is 348 g/mol. The Bertz CT molecular complexity index is 934. The van der Waals surface area contributed by atoms with Gasteiger partial charge < -0.3 is 4.42 Å². The predicted molar refractivity (Wildman–Crippen MR) is 88.9 cm³/mol. The number of para-hydroxylation sites is 1. The van der Waals surface area contributed by atoms with Gasteiger partial charge in [-0.3, -0.25) is 4.72 Å². The number of rotatable bonds is 4. The Morgan fingerprint density at radius 3 is 2.39 bits per heavy atom. The maximum atomic E-state index is 12.4. The van der Waals surface area contributed by atoms with Crippen molar-refractivity contribution in [1.29, 1.82) is 0 Å². The molecule has 3 rings (SSSR count). The van der Waals surface area contributed by atoms with E-state index in [0.717, 1.165) is 5.56 Å². The summed E-state index contributed by atoms with van der Waals surface area (Å²) in [5, 5.41) is 0.339. The zero-order valence-corrected chi connectivity index (χ0v) is 13.7. The van der Waals surface area contributed by atoms with Crippen LogP contribution in [0.2, 0.25) is 5.02 Å². The topological polar surface area (TPSA) is 72.2 Å². The molecule has 0 aliphatic carbocycles. The van der Waals surface area contributed by atoms with Crippen molar-refractivity contribution in [2.75, 3.05) is 4.72 Å². The Labute approximate surface area is 139 Å². The van der Waals surface area contributed by atoms with Gasteiger partial charge in [-0.2, -0.15) is 0 Å². The Kier molecular flexibility index (Phi) is 4.11. The number of benzene rings is 2. The molecule has 0 amide bonds. The highest BCUT2D eigenvalue weighted by atomic mass is 35.5. The lowest BCUT2D eigenvalue weighted by Gasteiger charge is -2.09. The van der Waals surface area contributed by atoms with Gasteiger partial charge in [-0.15, -0.1) is 0 Å². The summed E-state index contributed by atoms with van der Waals surface area (Å²) >= 11 is 5.98. The van der Waals surface area contributed by atoms with Crippen LogP contribution in [0.15, 0.2) is 64.1 Å². The summed E-state index contributed by atoms with van der Waals surface area (Å²) in [4.78, 5) is 4.34. The lowest BCUT2D eigenvalue weighted by molar-refractivity contribution is 0.521.